The fourth-order valence-corrected chi connectivity index (χ4v) is 2.64. The molecule has 3 rings (SSSR count). The summed E-state index contributed by atoms with van der Waals surface area (Å²) in [5.41, 5.74) is -1.92. The van der Waals surface area contributed by atoms with E-state index in [0.29, 0.717) is 0 Å². The van der Waals surface area contributed by atoms with E-state index in [1.807, 2.05) is 0 Å². The van der Waals surface area contributed by atoms with E-state index < -0.39 is 46.9 Å². The lowest BCUT2D eigenvalue weighted by atomic mass is 10.1. The molecule has 0 radical (unpaired) electrons. The third-order valence-electron chi connectivity index (χ3n) is 3.62. The first-order valence-electron chi connectivity index (χ1n) is 7.04. The Morgan fingerprint density at radius 1 is 0.577 bits per heavy atom. The third kappa shape index (κ3) is 2.76. The normalized spacial score (nSPS) is 13.9. The molecule has 0 aliphatic carbocycles. The molecule has 0 N–H and O–H groups in total. The largest absolute Gasteiger partial charge is 0.472 e. The molecular formula is C16H8F6N2O2. The number of hydrogen-bond acceptors (Lipinski definition) is 2. The Bertz CT molecular complexity index is 771. The minimum Gasteiger partial charge on any atom is -0.269 e. The number of carbonyl (C=O) groups excluding carboxylic acids is 2. The lowest BCUT2D eigenvalue weighted by Gasteiger charge is -2.38. The van der Waals surface area contributed by atoms with Crippen molar-refractivity contribution in [3.8, 4) is 0 Å². The molecule has 2 amide bonds. The summed E-state index contributed by atoms with van der Waals surface area (Å²) in [5, 5.41) is 0. The van der Waals surface area contributed by atoms with Crippen LogP contribution in [0.4, 0.5) is 49.1 Å². The highest BCUT2D eigenvalue weighted by Gasteiger charge is 2.50. The molecule has 4 nitrogen and oxygen atoms in total. The van der Waals surface area contributed by atoms with Crippen LogP contribution in [0.2, 0.25) is 0 Å². The molecule has 0 saturated carbocycles. The first-order valence-corrected chi connectivity index (χ1v) is 7.04. The Kier molecular flexibility index (Phi) is 3.93. The average Bonchev–Trinajstić information content (AvgIpc) is 2.56. The van der Waals surface area contributed by atoms with Crippen LogP contribution in [-0.4, -0.2) is 24.2 Å². The highest BCUT2D eigenvalue weighted by atomic mass is 19.4. The summed E-state index contributed by atoms with van der Waals surface area (Å²) in [7, 11) is 0. The Morgan fingerprint density at radius 3 is 1.00 bits per heavy atom. The summed E-state index contributed by atoms with van der Waals surface area (Å²) in [6.45, 7) is 0. The monoisotopic (exact) mass is 374 g/mol. The van der Waals surface area contributed by atoms with Gasteiger partial charge in [0.05, 0.1) is 22.7 Å². The molecule has 2 aromatic carbocycles. The molecule has 0 saturated heterocycles. The van der Waals surface area contributed by atoms with Gasteiger partial charge in [-0.2, -0.15) is 26.3 Å². The van der Waals surface area contributed by atoms with Crippen molar-refractivity contribution < 1.29 is 35.9 Å². The molecule has 0 aromatic heterocycles. The number of para-hydroxylation sites is 4. The van der Waals surface area contributed by atoms with Crippen LogP contribution in [0, 0.1) is 0 Å². The predicted octanol–water partition coefficient (Wildman–Crippen LogP) is 4.45. The summed E-state index contributed by atoms with van der Waals surface area (Å²) in [4.78, 5) is 24.3. The van der Waals surface area contributed by atoms with Gasteiger partial charge in [0.1, 0.15) is 0 Å². The fraction of sp³-hybridized carbons (Fsp3) is 0.125. The summed E-state index contributed by atoms with van der Waals surface area (Å²) < 4.78 is 78.1. The van der Waals surface area contributed by atoms with E-state index in [0.717, 1.165) is 24.3 Å². The molecule has 136 valence electrons. The molecular weight excluding hydrogens is 366 g/mol. The number of nitrogens with zero attached hydrogens (tertiary/aromatic N) is 2. The maximum atomic E-state index is 13.0. The van der Waals surface area contributed by atoms with Gasteiger partial charge in [-0.25, -0.2) is 0 Å². The molecule has 0 fully saturated rings. The van der Waals surface area contributed by atoms with E-state index in [-0.39, 0.29) is 9.80 Å². The molecule has 1 aliphatic heterocycles. The van der Waals surface area contributed by atoms with Crippen LogP contribution in [-0.2, 0) is 9.59 Å². The third-order valence-corrected chi connectivity index (χ3v) is 3.62. The smallest absolute Gasteiger partial charge is 0.269 e. The molecule has 0 unspecified atom stereocenters. The van der Waals surface area contributed by atoms with E-state index in [1.165, 1.54) is 24.3 Å². The number of carbonyl (C=O) groups is 2. The van der Waals surface area contributed by atoms with Crippen molar-refractivity contribution in [3.63, 3.8) is 0 Å². The van der Waals surface area contributed by atoms with E-state index in [4.69, 9.17) is 0 Å². The molecule has 0 bridgehead atoms. The highest BCUT2D eigenvalue weighted by Crippen LogP contribution is 2.50. The van der Waals surface area contributed by atoms with Crippen LogP contribution >= 0.6 is 0 Å². The van der Waals surface area contributed by atoms with Gasteiger partial charge in [-0.3, -0.25) is 19.4 Å². The van der Waals surface area contributed by atoms with Crippen molar-refractivity contribution in [3.05, 3.63) is 48.5 Å². The first-order chi connectivity index (χ1) is 12.0. The van der Waals surface area contributed by atoms with Crippen molar-refractivity contribution >= 4 is 34.6 Å². The maximum Gasteiger partial charge on any atom is 0.472 e. The Balaban J connectivity index is 2.29. The lowest BCUT2D eigenvalue weighted by molar-refractivity contribution is -0.170. The fourth-order valence-electron chi connectivity index (χ4n) is 2.64. The van der Waals surface area contributed by atoms with Crippen molar-refractivity contribution in [1.29, 1.82) is 0 Å². The first kappa shape index (κ1) is 17.8. The average molecular weight is 374 g/mol. The van der Waals surface area contributed by atoms with Gasteiger partial charge in [-0.15, -0.1) is 0 Å². The maximum absolute atomic E-state index is 13.0. The molecule has 26 heavy (non-hydrogen) atoms. The van der Waals surface area contributed by atoms with Crippen LogP contribution in [0.3, 0.4) is 0 Å². The quantitative estimate of drug-likeness (QED) is 0.639. The van der Waals surface area contributed by atoms with Crippen molar-refractivity contribution in [2.45, 2.75) is 12.4 Å². The van der Waals surface area contributed by atoms with Crippen LogP contribution < -0.4 is 9.80 Å². The number of alkyl halides is 6. The molecule has 1 heterocycles. The zero-order valence-corrected chi connectivity index (χ0v) is 12.6. The summed E-state index contributed by atoms with van der Waals surface area (Å²) >= 11 is 0. The lowest BCUT2D eigenvalue weighted by Crippen LogP contribution is -2.45. The van der Waals surface area contributed by atoms with E-state index >= 15 is 0 Å². The Labute approximate surface area is 142 Å². The second-order valence-corrected chi connectivity index (χ2v) is 5.25. The predicted molar refractivity (Wildman–Crippen MR) is 79.3 cm³/mol. The van der Waals surface area contributed by atoms with Crippen molar-refractivity contribution in [2.75, 3.05) is 9.80 Å². The molecule has 2 aromatic rings. The van der Waals surface area contributed by atoms with Crippen LogP contribution in [0.25, 0.3) is 0 Å². The zero-order valence-electron chi connectivity index (χ0n) is 12.6. The van der Waals surface area contributed by atoms with Gasteiger partial charge in [-0.1, -0.05) is 24.3 Å². The van der Waals surface area contributed by atoms with Gasteiger partial charge < -0.3 is 0 Å². The van der Waals surface area contributed by atoms with Gasteiger partial charge in [0.15, 0.2) is 0 Å². The molecule has 0 atom stereocenters. The topological polar surface area (TPSA) is 40.6 Å². The van der Waals surface area contributed by atoms with Gasteiger partial charge >= 0.3 is 24.2 Å². The SMILES string of the molecule is O=C(N1c2ccccc2N(C(=O)C(F)(F)F)c2ccccc21)C(F)(F)F. The number of fused-ring (bicyclic) bond motifs is 2. The van der Waals surface area contributed by atoms with Gasteiger partial charge in [0.25, 0.3) is 0 Å². The minimum atomic E-state index is -5.27. The van der Waals surface area contributed by atoms with E-state index in [9.17, 15) is 35.9 Å². The van der Waals surface area contributed by atoms with Crippen LogP contribution in [0.1, 0.15) is 0 Å². The second-order valence-electron chi connectivity index (χ2n) is 5.25. The summed E-state index contributed by atoms with van der Waals surface area (Å²) in [6, 6.07) is 9.13. The standard InChI is InChI=1S/C16H8F6N2O2/c17-15(18,19)13(25)23-9-5-1-2-6-10(9)24(14(26)16(20,21)22)12-8-4-3-7-11(12)23/h1-8H. The van der Waals surface area contributed by atoms with Crippen LogP contribution in [0.15, 0.2) is 48.5 Å². The highest BCUT2D eigenvalue weighted by molar-refractivity contribution is 6.18. The summed E-state index contributed by atoms with van der Waals surface area (Å²) in [6.07, 6.45) is -10.5. The van der Waals surface area contributed by atoms with E-state index in [1.54, 1.807) is 0 Å². The zero-order chi connectivity index (χ0) is 19.3. The van der Waals surface area contributed by atoms with Crippen molar-refractivity contribution in [2.24, 2.45) is 0 Å². The van der Waals surface area contributed by atoms with Gasteiger partial charge in [0, 0.05) is 0 Å². The number of benzene rings is 2. The second kappa shape index (κ2) is 5.75. The number of hydrogen-bond donors (Lipinski definition) is 0. The molecule has 1 aliphatic rings. The number of amides is 2. The van der Waals surface area contributed by atoms with Crippen molar-refractivity contribution in [1.82, 2.24) is 0 Å². The Hall–Kier alpha value is -3.04. The number of halogens is 6. The minimum absolute atomic E-state index is 0.255. The molecule has 0 spiro atoms. The number of rotatable bonds is 0. The van der Waals surface area contributed by atoms with Crippen LogP contribution in [0.5, 0.6) is 0 Å². The van der Waals surface area contributed by atoms with Gasteiger partial charge in [-0.05, 0) is 24.3 Å². The number of anilines is 4. The Morgan fingerprint density at radius 2 is 0.808 bits per heavy atom. The van der Waals surface area contributed by atoms with E-state index in [2.05, 4.69) is 0 Å². The summed E-state index contributed by atoms with van der Waals surface area (Å²) in [5.74, 6) is -4.56. The molecule has 10 heteroatoms. The van der Waals surface area contributed by atoms with Gasteiger partial charge in [0.2, 0.25) is 0 Å².